The van der Waals surface area contributed by atoms with Crippen LogP contribution in [0.5, 0.6) is 5.75 Å². The summed E-state index contributed by atoms with van der Waals surface area (Å²) in [6, 6.07) is 4.71. The van der Waals surface area contributed by atoms with Crippen molar-refractivity contribution in [1.82, 2.24) is 25.1 Å². The van der Waals surface area contributed by atoms with Crippen LogP contribution in [0.4, 0.5) is 14.5 Å². The Morgan fingerprint density at radius 2 is 1.90 bits per heavy atom. The molecule has 3 fully saturated rings. The normalized spacial score (nSPS) is 22.7. The maximum absolute atomic E-state index is 15.0. The molecule has 13 heteroatoms. The first-order chi connectivity index (χ1) is 20.1. The van der Waals surface area contributed by atoms with Crippen LogP contribution in [0.25, 0.3) is 0 Å². The van der Waals surface area contributed by atoms with Gasteiger partial charge in [-0.3, -0.25) is 15.0 Å². The van der Waals surface area contributed by atoms with Crippen molar-refractivity contribution >= 4 is 23.3 Å². The summed E-state index contributed by atoms with van der Waals surface area (Å²) in [5.41, 5.74) is 9.79. The molecule has 1 aromatic rings. The second-order valence-electron chi connectivity index (χ2n) is 10.8. The van der Waals surface area contributed by atoms with E-state index in [0.29, 0.717) is 29.8 Å². The van der Waals surface area contributed by atoms with Crippen LogP contribution < -0.4 is 21.2 Å². The number of nitrogens with one attached hydrogen (secondary N) is 2. The summed E-state index contributed by atoms with van der Waals surface area (Å²) in [4.78, 5) is 34.8. The topological polar surface area (TPSA) is 119 Å². The van der Waals surface area contributed by atoms with Crippen LogP contribution in [0.1, 0.15) is 49.4 Å². The van der Waals surface area contributed by atoms with Gasteiger partial charge < -0.3 is 30.5 Å². The van der Waals surface area contributed by atoms with Crippen LogP contribution in [-0.2, 0) is 4.79 Å². The summed E-state index contributed by atoms with van der Waals surface area (Å²) in [7, 11) is 2.75. The molecule has 1 aromatic carbocycles. The summed E-state index contributed by atoms with van der Waals surface area (Å²) in [6.07, 6.45) is 5.36. The lowest BCUT2D eigenvalue weighted by atomic mass is 9.93. The highest BCUT2D eigenvalue weighted by Crippen LogP contribution is 2.33. The molecule has 0 atom stereocenters. The Morgan fingerprint density at radius 3 is 2.52 bits per heavy atom. The number of nitrogens with two attached hydrogens (primary N) is 1. The molecule has 2 heterocycles. The van der Waals surface area contributed by atoms with Crippen molar-refractivity contribution in [1.29, 1.82) is 0 Å². The van der Waals surface area contributed by atoms with Crippen LogP contribution in [0, 0.1) is 0 Å². The molecule has 230 valence electrons. The van der Waals surface area contributed by atoms with E-state index < -0.39 is 18.4 Å². The largest absolute Gasteiger partial charge is 0.495 e. The molecule has 1 saturated carbocycles. The highest BCUT2D eigenvalue weighted by molar-refractivity contribution is 6.05. The first-order valence-electron chi connectivity index (χ1n) is 14.4. The number of carbonyl (C=O) groups excluding carboxylic acids is 2. The van der Waals surface area contributed by atoms with E-state index in [1.807, 2.05) is 5.01 Å². The van der Waals surface area contributed by atoms with Gasteiger partial charge in [0, 0.05) is 51.0 Å². The van der Waals surface area contributed by atoms with Gasteiger partial charge in [-0.05, 0) is 37.6 Å². The summed E-state index contributed by atoms with van der Waals surface area (Å²) >= 11 is 0. The number of methoxy groups -OCH3 is 1. The number of ether oxygens (including phenoxy) is 1. The fourth-order valence-corrected chi connectivity index (χ4v) is 5.64. The van der Waals surface area contributed by atoms with Gasteiger partial charge in [-0.25, -0.2) is 10.0 Å². The Kier molecular flexibility index (Phi) is 10.0. The first kappa shape index (κ1) is 31.2. The molecular weight excluding hydrogens is 546 g/mol. The third-order valence-corrected chi connectivity index (χ3v) is 8.08. The lowest BCUT2D eigenvalue weighted by molar-refractivity contribution is -0.154. The molecule has 11 nitrogen and oxygen atoms in total. The number of anilines is 1. The highest BCUT2D eigenvalue weighted by Gasteiger charge is 2.49. The molecule has 3 aliphatic rings. The minimum Gasteiger partial charge on any atom is -0.495 e. The van der Waals surface area contributed by atoms with E-state index in [1.54, 1.807) is 18.2 Å². The third-order valence-electron chi connectivity index (χ3n) is 8.08. The van der Waals surface area contributed by atoms with E-state index >= 15 is 8.78 Å². The minimum atomic E-state index is -3.62. The number of hydrogen-bond donors (Lipinski definition) is 3. The van der Waals surface area contributed by atoms with E-state index in [9.17, 15) is 9.59 Å². The molecule has 0 bridgehead atoms. The first-order valence-corrected chi connectivity index (χ1v) is 14.4. The SMILES string of the molecule is C=C(/N=C1\C(=C/N)N(C)C(=O)C(F)(F)CN1C1CCCCC1)Nc1ccc(C(=O)NN2CCN(CC)CC2)cc1OC. The molecule has 0 unspecified atom stereocenters. The van der Waals surface area contributed by atoms with Crippen LogP contribution in [-0.4, -0.2) is 103 Å². The maximum Gasteiger partial charge on any atom is 0.342 e. The number of amides is 2. The number of hydrazine groups is 1. The zero-order chi connectivity index (χ0) is 30.4. The average Bonchev–Trinajstić information content (AvgIpc) is 3.06. The number of halogens is 2. The molecule has 2 aliphatic heterocycles. The Labute approximate surface area is 246 Å². The van der Waals surface area contributed by atoms with E-state index in [2.05, 4.69) is 34.1 Å². The van der Waals surface area contributed by atoms with Gasteiger partial charge in [0.1, 0.15) is 17.3 Å². The Bertz CT molecular complexity index is 1220. The van der Waals surface area contributed by atoms with Crippen molar-refractivity contribution in [2.75, 3.05) is 58.7 Å². The molecule has 2 saturated heterocycles. The van der Waals surface area contributed by atoms with Crippen LogP contribution in [0.3, 0.4) is 0 Å². The molecule has 0 spiro atoms. The van der Waals surface area contributed by atoms with Gasteiger partial charge in [0.25, 0.3) is 11.8 Å². The quantitative estimate of drug-likeness (QED) is 0.425. The minimum absolute atomic E-state index is 0.0736. The van der Waals surface area contributed by atoms with E-state index in [4.69, 9.17) is 10.5 Å². The van der Waals surface area contributed by atoms with Gasteiger partial charge >= 0.3 is 5.92 Å². The van der Waals surface area contributed by atoms with Gasteiger partial charge in [0.05, 0.1) is 19.3 Å². The molecule has 0 aromatic heterocycles. The summed E-state index contributed by atoms with van der Waals surface area (Å²) in [5, 5.41) is 4.97. The smallest absolute Gasteiger partial charge is 0.342 e. The molecule has 42 heavy (non-hydrogen) atoms. The molecule has 1 aliphatic carbocycles. The second kappa shape index (κ2) is 13.5. The third kappa shape index (κ3) is 7.01. The number of aliphatic imine (C=N–C) groups is 1. The lowest BCUT2D eigenvalue weighted by Gasteiger charge is -2.36. The Hall–Kier alpha value is -3.71. The summed E-state index contributed by atoms with van der Waals surface area (Å²) in [6.45, 7) is 9.53. The number of amidine groups is 1. The van der Waals surface area contributed by atoms with Crippen LogP contribution in [0.15, 0.2) is 47.5 Å². The maximum atomic E-state index is 15.0. The second-order valence-corrected chi connectivity index (χ2v) is 10.8. The molecule has 4 rings (SSSR count). The number of hydrogen-bond acceptors (Lipinski definition) is 8. The van der Waals surface area contributed by atoms with Gasteiger partial charge in [-0.1, -0.05) is 32.8 Å². The van der Waals surface area contributed by atoms with Crippen molar-refractivity contribution in [2.24, 2.45) is 10.7 Å². The highest BCUT2D eigenvalue weighted by atomic mass is 19.3. The number of rotatable bonds is 8. The van der Waals surface area contributed by atoms with Gasteiger partial charge in [0.15, 0.2) is 5.84 Å². The van der Waals surface area contributed by atoms with Crippen LogP contribution >= 0.6 is 0 Å². The Balaban J connectivity index is 1.55. The zero-order valence-corrected chi connectivity index (χ0v) is 24.7. The number of likely N-dealkylation sites (N-methyl/N-ethyl adjacent to an activating group) is 2. The van der Waals surface area contributed by atoms with Crippen molar-refractivity contribution in [3.63, 3.8) is 0 Å². The molecule has 4 N–H and O–H groups in total. The van der Waals surface area contributed by atoms with E-state index in [-0.39, 0.29) is 29.3 Å². The Morgan fingerprint density at radius 1 is 1.21 bits per heavy atom. The molecular formula is C29H42F2N8O3. The summed E-state index contributed by atoms with van der Waals surface area (Å²) < 4.78 is 35.6. The predicted octanol–water partition coefficient (Wildman–Crippen LogP) is 2.80. The monoisotopic (exact) mass is 588 g/mol. The average molecular weight is 589 g/mol. The predicted molar refractivity (Wildman–Crippen MR) is 158 cm³/mol. The fourth-order valence-electron chi connectivity index (χ4n) is 5.64. The van der Waals surface area contributed by atoms with E-state index in [1.165, 1.54) is 19.1 Å². The van der Waals surface area contributed by atoms with Gasteiger partial charge in [-0.2, -0.15) is 8.78 Å². The lowest BCUT2D eigenvalue weighted by Crippen LogP contribution is -2.53. The standard InChI is InChI=1S/C29H42F2N8O3/c1-5-37-13-15-38(16-14-37)35-27(40)21-11-12-23(25(17-21)42-4)33-20(2)34-26-24(18-32)36(3)28(41)29(30,31)19-39(26)22-9-7-6-8-10-22/h11-12,17-18,22,33H,2,5-10,13-16,19,32H2,1,3-4H3,(H,35,40)/b24-18+,34-26+. The van der Waals surface area contributed by atoms with Gasteiger partial charge in [-0.15, -0.1) is 0 Å². The van der Waals surface area contributed by atoms with E-state index in [0.717, 1.165) is 63.1 Å². The van der Waals surface area contributed by atoms with Crippen molar-refractivity contribution in [3.8, 4) is 5.75 Å². The van der Waals surface area contributed by atoms with Crippen molar-refractivity contribution in [3.05, 3.63) is 48.1 Å². The number of benzene rings is 1. The van der Waals surface area contributed by atoms with Gasteiger partial charge in [0.2, 0.25) is 0 Å². The number of nitrogens with zero attached hydrogens (tertiary/aromatic N) is 5. The number of piperazine rings is 1. The van der Waals surface area contributed by atoms with Crippen molar-refractivity contribution < 1.29 is 23.1 Å². The number of alkyl halides is 2. The van der Waals surface area contributed by atoms with Crippen molar-refractivity contribution in [2.45, 2.75) is 51.0 Å². The summed E-state index contributed by atoms with van der Waals surface area (Å²) in [5.74, 6) is -4.56. The van der Waals surface area contributed by atoms with Crippen LogP contribution in [0.2, 0.25) is 0 Å². The molecule has 0 radical (unpaired) electrons. The molecule has 2 amide bonds. The zero-order valence-electron chi connectivity index (χ0n) is 24.7. The number of carbonyl (C=O) groups is 2. The fraction of sp³-hybridized carbons (Fsp3) is 0.552.